The topological polar surface area (TPSA) is 37.3 Å². The largest absolute Gasteiger partial charge is 0.481 e. The van der Waals surface area contributed by atoms with Crippen molar-refractivity contribution in [3.05, 3.63) is 65.2 Å². The predicted octanol–water partition coefficient (Wildman–Crippen LogP) is 3.75. The van der Waals surface area contributed by atoms with E-state index in [2.05, 4.69) is 36.4 Å². The molecule has 3 rings (SSSR count). The first-order valence-corrected chi connectivity index (χ1v) is 6.33. The van der Waals surface area contributed by atoms with Crippen molar-refractivity contribution in [2.75, 3.05) is 0 Å². The number of carbonyl (C=O) groups is 1. The van der Waals surface area contributed by atoms with Crippen LogP contribution in [0.2, 0.25) is 0 Å². The molecule has 0 bridgehead atoms. The number of hydrogen-bond acceptors (Lipinski definition) is 1. The van der Waals surface area contributed by atoms with Gasteiger partial charge in [-0.3, -0.25) is 4.79 Å². The van der Waals surface area contributed by atoms with Crippen molar-refractivity contribution in [3.8, 4) is 11.1 Å². The van der Waals surface area contributed by atoms with Crippen molar-refractivity contribution in [2.45, 2.75) is 12.8 Å². The van der Waals surface area contributed by atoms with Gasteiger partial charge < -0.3 is 5.11 Å². The maximum Gasteiger partial charge on any atom is 0.307 e. The summed E-state index contributed by atoms with van der Waals surface area (Å²) in [6, 6.07) is 14.8. The molecule has 1 aliphatic carbocycles. The molecule has 0 atom stereocenters. The van der Waals surface area contributed by atoms with Gasteiger partial charge in [0, 0.05) is 0 Å². The summed E-state index contributed by atoms with van der Waals surface area (Å²) in [5, 5.41) is 8.61. The molecule has 0 unspecified atom stereocenters. The molecule has 19 heavy (non-hydrogen) atoms. The van der Waals surface area contributed by atoms with Crippen LogP contribution < -0.4 is 0 Å². The molecule has 0 radical (unpaired) electrons. The third-order valence-electron chi connectivity index (χ3n) is 3.42. The molecular weight excluding hydrogens is 236 g/mol. The first-order chi connectivity index (χ1) is 9.24. The average Bonchev–Trinajstić information content (AvgIpc) is 2.76. The molecule has 1 aliphatic rings. The van der Waals surface area contributed by atoms with Gasteiger partial charge in [0.1, 0.15) is 0 Å². The molecule has 0 saturated heterocycles. The van der Waals surface area contributed by atoms with Crippen LogP contribution in [0.1, 0.15) is 23.1 Å². The maximum atomic E-state index is 10.5. The van der Waals surface area contributed by atoms with E-state index < -0.39 is 5.97 Å². The molecule has 2 aromatic rings. The van der Waals surface area contributed by atoms with Crippen molar-refractivity contribution in [2.24, 2.45) is 0 Å². The predicted molar refractivity (Wildman–Crippen MR) is 76.0 cm³/mol. The van der Waals surface area contributed by atoms with Crippen LogP contribution in [0.4, 0.5) is 0 Å². The van der Waals surface area contributed by atoms with Gasteiger partial charge in [-0.1, -0.05) is 54.6 Å². The number of fused-ring (bicyclic) bond motifs is 3. The summed E-state index contributed by atoms with van der Waals surface area (Å²) in [4.78, 5) is 10.5. The summed E-state index contributed by atoms with van der Waals surface area (Å²) in [5.41, 5.74) is 6.36. The summed E-state index contributed by atoms with van der Waals surface area (Å²) >= 11 is 0. The zero-order valence-electron chi connectivity index (χ0n) is 10.5. The van der Waals surface area contributed by atoms with E-state index in [4.69, 9.17) is 5.11 Å². The number of carboxylic acid groups (broad SMARTS) is 1. The Hall–Kier alpha value is -2.35. The molecule has 94 valence electrons. The fraction of sp³-hybridized carbons (Fsp3) is 0.118. The Morgan fingerprint density at radius 1 is 1.11 bits per heavy atom. The minimum atomic E-state index is -0.801. The molecule has 0 amide bonds. The molecule has 1 N–H and O–H groups in total. The smallest absolute Gasteiger partial charge is 0.307 e. The van der Waals surface area contributed by atoms with E-state index in [9.17, 15) is 4.79 Å². The van der Waals surface area contributed by atoms with Crippen LogP contribution in [0.5, 0.6) is 0 Å². The van der Waals surface area contributed by atoms with Gasteiger partial charge in [-0.2, -0.15) is 0 Å². The second kappa shape index (κ2) is 4.73. The van der Waals surface area contributed by atoms with Gasteiger partial charge >= 0.3 is 5.97 Å². The van der Waals surface area contributed by atoms with Crippen LogP contribution in [0.25, 0.3) is 17.2 Å². The van der Waals surface area contributed by atoms with Crippen LogP contribution in [0.15, 0.2) is 48.5 Å². The van der Waals surface area contributed by atoms with Gasteiger partial charge in [0.05, 0.1) is 6.42 Å². The Balaban J connectivity index is 1.89. The van der Waals surface area contributed by atoms with E-state index in [-0.39, 0.29) is 6.42 Å². The Morgan fingerprint density at radius 2 is 1.89 bits per heavy atom. The molecule has 0 saturated carbocycles. The third kappa shape index (κ3) is 2.29. The number of hydrogen-bond donors (Lipinski definition) is 1. The zero-order chi connectivity index (χ0) is 13.2. The Labute approximate surface area is 112 Å². The van der Waals surface area contributed by atoms with Crippen LogP contribution in [-0.4, -0.2) is 11.1 Å². The van der Waals surface area contributed by atoms with Crippen LogP contribution in [0.3, 0.4) is 0 Å². The summed E-state index contributed by atoms with van der Waals surface area (Å²) in [6.07, 6.45) is 4.59. The van der Waals surface area contributed by atoms with E-state index >= 15 is 0 Å². The first-order valence-electron chi connectivity index (χ1n) is 6.33. The lowest BCUT2D eigenvalue weighted by Gasteiger charge is -2.01. The van der Waals surface area contributed by atoms with Gasteiger partial charge in [0.15, 0.2) is 0 Å². The minimum Gasteiger partial charge on any atom is -0.481 e. The van der Waals surface area contributed by atoms with Crippen LogP contribution in [0, 0.1) is 0 Å². The van der Waals surface area contributed by atoms with Crippen molar-refractivity contribution in [3.63, 3.8) is 0 Å². The number of aliphatic carboxylic acids is 1. The molecule has 0 aliphatic heterocycles. The van der Waals surface area contributed by atoms with Gasteiger partial charge in [-0.15, -0.1) is 0 Å². The standard InChI is InChI=1S/C17H14O2/c18-17(19)7-3-4-12-8-9-16-14(10-12)11-13-5-1-2-6-15(13)16/h1-6,8-10H,7,11H2,(H,18,19). The fourth-order valence-corrected chi connectivity index (χ4v) is 2.56. The molecule has 0 fully saturated rings. The number of carboxylic acids is 1. The Bertz CT molecular complexity index is 669. The second-order valence-corrected chi connectivity index (χ2v) is 4.75. The summed E-state index contributed by atoms with van der Waals surface area (Å²) in [5.74, 6) is -0.801. The monoisotopic (exact) mass is 250 g/mol. The highest BCUT2D eigenvalue weighted by atomic mass is 16.4. The maximum absolute atomic E-state index is 10.5. The van der Waals surface area contributed by atoms with Gasteiger partial charge in [-0.05, 0) is 34.2 Å². The average molecular weight is 250 g/mol. The molecule has 0 spiro atoms. The lowest BCUT2D eigenvalue weighted by molar-refractivity contribution is -0.135. The van der Waals surface area contributed by atoms with Crippen molar-refractivity contribution < 1.29 is 9.90 Å². The van der Waals surface area contributed by atoms with E-state index in [1.807, 2.05) is 12.1 Å². The van der Waals surface area contributed by atoms with E-state index in [0.29, 0.717) is 0 Å². The second-order valence-electron chi connectivity index (χ2n) is 4.75. The quantitative estimate of drug-likeness (QED) is 0.768. The lowest BCUT2D eigenvalue weighted by Crippen LogP contribution is -1.89. The minimum absolute atomic E-state index is 0.0668. The number of rotatable bonds is 3. The third-order valence-corrected chi connectivity index (χ3v) is 3.42. The van der Waals surface area contributed by atoms with Crippen molar-refractivity contribution >= 4 is 12.0 Å². The molecule has 2 aromatic carbocycles. The highest BCUT2D eigenvalue weighted by molar-refractivity contribution is 5.78. The molecule has 2 nitrogen and oxygen atoms in total. The SMILES string of the molecule is O=C(O)CC=Cc1ccc2c(c1)Cc1ccccc1-2. The van der Waals surface area contributed by atoms with Gasteiger partial charge in [-0.25, -0.2) is 0 Å². The van der Waals surface area contributed by atoms with E-state index in [1.165, 1.54) is 22.3 Å². The Morgan fingerprint density at radius 3 is 2.74 bits per heavy atom. The van der Waals surface area contributed by atoms with Crippen molar-refractivity contribution in [1.29, 1.82) is 0 Å². The molecule has 0 aromatic heterocycles. The van der Waals surface area contributed by atoms with Gasteiger partial charge in [0.2, 0.25) is 0 Å². The summed E-state index contributed by atoms with van der Waals surface area (Å²) in [6.45, 7) is 0. The van der Waals surface area contributed by atoms with Gasteiger partial charge in [0.25, 0.3) is 0 Å². The Kier molecular flexibility index (Phi) is 2.92. The van der Waals surface area contributed by atoms with Crippen LogP contribution >= 0.6 is 0 Å². The van der Waals surface area contributed by atoms with Crippen molar-refractivity contribution in [1.82, 2.24) is 0 Å². The molecule has 0 heterocycles. The molecular formula is C17H14O2. The summed E-state index contributed by atoms with van der Waals surface area (Å²) in [7, 11) is 0. The first kappa shape index (κ1) is 11.7. The van der Waals surface area contributed by atoms with E-state index in [1.54, 1.807) is 6.08 Å². The molecule has 2 heteroatoms. The fourth-order valence-electron chi connectivity index (χ4n) is 2.56. The summed E-state index contributed by atoms with van der Waals surface area (Å²) < 4.78 is 0. The van der Waals surface area contributed by atoms with E-state index in [0.717, 1.165) is 12.0 Å². The van der Waals surface area contributed by atoms with Crippen LogP contribution in [-0.2, 0) is 11.2 Å². The highest BCUT2D eigenvalue weighted by Gasteiger charge is 2.17. The normalized spacial score (nSPS) is 12.4. The zero-order valence-corrected chi connectivity index (χ0v) is 10.5. The lowest BCUT2D eigenvalue weighted by atomic mass is 10.0. The highest BCUT2D eigenvalue weighted by Crippen LogP contribution is 2.36. The number of benzene rings is 2.